The molecule has 1 saturated heterocycles. The zero-order valence-corrected chi connectivity index (χ0v) is 14.3. The predicted molar refractivity (Wildman–Crippen MR) is 99.6 cm³/mol. The number of nitro groups is 1. The third-order valence-electron chi connectivity index (χ3n) is 4.72. The summed E-state index contributed by atoms with van der Waals surface area (Å²) in [5, 5.41) is 21.2. The minimum absolute atomic E-state index is 0.0411. The van der Waals surface area contributed by atoms with Crippen LogP contribution in [0.3, 0.4) is 0 Å². The summed E-state index contributed by atoms with van der Waals surface area (Å²) in [6.07, 6.45) is 1.29. The number of nitro benzene ring substituents is 1. The number of fused-ring (bicyclic) bond motifs is 1. The van der Waals surface area contributed by atoms with Gasteiger partial charge in [0.15, 0.2) is 0 Å². The van der Waals surface area contributed by atoms with Gasteiger partial charge in [-0.05, 0) is 18.9 Å². The number of aromatic nitrogens is 2. The number of rotatable bonds is 4. The standard InChI is InChI=1S/C19H16N4O4/c24-18(25)16-7-4-10-22(16)19-20-15-9-8-13(23(26)27)11-14(15)17(21-19)12-5-2-1-3-6-12/h1-3,5-6,8-9,11,16H,4,7,10H2,(H,24,25)/t16-/m1/s1. The Kier molecular flexibility index (Phi) is 4.15. The molecule has 1 atom stereocenters. The van der Waals surface area contributed by atoms with E-state index in [1.54, 1.807) is 11.0 Å². The molecule has 0 bridgehead atoms. The number of hydrogen-bond donors (Lipinski definition) is 1. The van der Waals surface area contributed by atoms with Crippen LogP contribution in [0.15, 0.2) is 48.5 Å². The first-order chi connectivity index (χ1) is 13.0. The van der Waals surface area contributed by atoms with Gasteiger partial charge in [-0.1, -0.05) is 30.3 Å². The molecule has 1 fully saturated rings. The number of carboxylic acids is 1. The molecular weight excluding hydrogens is 348 g/mol. The molecule has 27 heavy (non-hydrogen) atoms. The van der Waals surface area contributed by atoms with Gasteiger partial charge < -0.3 is 10.0 Å². The van der Waals surface area contributed by atoms with Gasteiger partial charge in [-0.3, -0.25) is 10.1 Å². The van der Waals surface area contributed by atoms with E-state index in [1.807, 2.05) is 30.3 Å². The second-order valence-corrected chi connectivity index (χ2v) is 6.39. The smallest absolute Gasteiger partial charge is 0.326 e. The van der Waals surface area contributed by atoms with Crippen LogP contribution in [0.2, 0.25) is 0 Å². The molecule has 2 heterocycles. The zero-order chi connectivity index (χ0) is 19.0. The fourth-order valence-electron chi connectivity index (χ4n) is 3.43. The third kappa shape index (κ3) is 3.05. The van der Waals surface area contributed by atoms with E-state index in [0.717, 1.165) is 12.0 Å². The Labute approximate surface area is 154 Å². The number of carbonyl (C=O) groups is 1. The van der Waals surface area contributed by atoms with E-state index in [0.29, 0.717) is 35.5 Å². The molecule has 4 rings (SSSR count). The first-order valence-corrected chi connectivity index (χ1v) is 8.55. The van der Waals surface area contributed by atoms with Crippen LogP contribution in [-0.2, 0) is 4.79 Å². The fourth-order valence-corrected chi connectivity index (χ4v) is 3.43. The summed E-state index contributed by atoms with van der Waals surface area (Å²) in [6.45, 7) is 0.559. The SMILES string of the molecule is O=C(O)[C@H]1CCCN1c1nc(-c2ccccc2)c2cc([N+](=O)[O-])ccc2n1. The molecule has 1 aromatic heterocycles. The zero-order valence-electron chi connectivity index (χ0n) is 14.3. The summed E-state index contributed by atoms with van der Waals surface area (Å²) in [4.78, 5) is 33.1. The third-order valence-corrected chi connectivity index (χ3v) is 4.72. The first-order valence-electron chi connectivity index (χ1n) is 8.55. The van der Waals surface area contributed by atoms with Gasteiger partial charge in [-0.2, -0.15) is 0 Å². The van der Waals surface area contributed by atoms with Crippen molar-refractivity contribution in [2.45, 2.75) is 18.9 Å². The van der Waals surface area contributed by atoms with Crippen molar-refractivity contribution in [2.75, 3.05) is 11.4 Å². The molecule has 0 aliphatic carbocycles. The van der Waals surface area contributed by atoms with Gasteiger partial charge in [0.05, 0.1) is 16.1 Å². The topological polar surface area (TPSA) is 109 Å². The van der Waals surface area contributed by atoms with Gasteiger partial charge in [0.25, 0.3) is 5.69 Å². The number of non-ortho nitro benzene ring substituents is 1. The van der Waals surface area contributed by atoms with E-state index in [-0.39, 0.29) is 5.69 Å². The molecule has 1 N–H and O–H groups in total. The van der Waals surface area contributed by atoms with E-state index < -0.39 is 16.9 Å². The normalized spacial score (nSPS) is 16.6. The van der Waals surface area contributed by atoms with Crippen molar-refractivity contribution in [2.24, 2.45) is 0 Å². The fraction of sp³-hybridized carbons (Fsp3) is 0.211. The van der Waals surface area contributed by atoms with Gasteiger partial charge in [0.2, 0.25) is 5.95 Å². The van der Waals surface area contributed by atoms with Crippen LogP contribution >= 0.6 is 0 Å². The maximum Gasteiger partial charge on any atom is 0.326 e. The maximum absolute atomic E-state index is 11.6. The number of aliphatic carboxylic acids is 1. The number of benzene rings is 2. The van der Waals surface area contributed by atoms with Crippen molar-refractivity contribution in [1.82, 2.24) is 9.97 Å². The Morgan fingerprint density at radius 2 is 1.96 bits per heavy atom. The quantitative estimate of drug-likeness (QED) is 0.559. The van der Waals surface area contributed by atoms with Crippen LogP contribution in [0, 0.1) is 10.1 Å². The van der Waals surface area contributed by atoms with Crippen LogP contribution < -0.4 is 4.90 Å². The van der Waals surface area contributed by atoms with Crippen molar-refractivity contribution in [3.05, 3.63) is 58.6 Å². The van der Waals surface area contributed by atoms with Crippen molar-refractivity contribution in [3.63, 3.8) is 0 Å². The molecule has 0 saturated carbocycles. The number of hydrogen-bond acceptors (Lipinski definition) is 6. The minimum atomic E-state index is -0.902. The highest BCUT2D eigenvalue weighted by Crippen LogP contribution is 2.32. The molecule has 8 nitrogen and oxygen atoms in total. The van der Waals surface area contributed by atoms with Crippen LogP contribution in [0.1, 0.15) is 12.8 Å². The van der Waals surface area contributed by atoms with E-state index in [2.05, 4.69) is 9.97 Å². The summed E-state index contributed by atoms with van der Waals surface area (Å²) in [5.74, 6) is -0.568. The van der Waals surface area contributed by atoms with Crippen molar-refractivity contribution in [1.29, 1.82) is 0 Å². The molecular formula is C19H16N4O4. The van der Waals surface area contributed by atoms with Crippen molar-refractivity contribution in [3.8, 4) is 11.3 Å². The summed E-state index contributed by atoms with van der Waals surface area (Å²) in [7, 11) is 0. The highest BCUT2D eigenvalue weighted by molar-refractivity contribution is 5.94. The highest BCUT2D eigenvalue weighted by Gasteiger charge is 2.33. The molecule has 8 heteroatoms. The predicted octanol–water partition coefficient (Wildman–Crippen LogP) is 3.26. The van der Waals surface area contributed by atoms with Crippen LogP contribution in [-0.4, -0.2) is 38.6 Å². The number of anilines is 1. The van der Waals surface area contributed by atoms with Gasteiger partial charge >= 0.3 is 5.97 Å². The summed E-state index contributed by atoms with van der Waals surface area (Å²) < 4.78 is 0. The Balaban J connectivity index is 1.94. The van der Waals surface area contributed by atoms with Gasteiger partial charge in [0, 0.05) is 29.6 Å². The van der Waals surface area contributed by atoms with Gasteiger partial charge in [0.1, 0.15) is 6.04 Å². The lowest BCUT2D eigenvalue weighted by Gasteiger charge is -2.22. The van der Waals surface area contributed by atoms with Crippen LogP contribution in [0.25, 0.3) is 22.2 Å². The lowest BCUT2D eigenvalue weighted by Crippen LogP contribution is -2.37. The van der Waals surface area contributed by atoms with Crippen LogP contribution in [0.5, 0.6) is 0 Å². The van der Waals surface area contributed by atoms with E-state index in [1.165, 1.54) is 12.1 Å². The second-order valence-electron chi connectivity index (χ2n) is 6.39. The second kappa shape index (κ2) is 6.64. The van der Waals surface area contributed by atoms with E-state index >= 15 is 0 Å². The van der Waals surface area contributed by atoms with Crippen molar-refractivity contribution < 1.29 is 14.8 Å². The molecule has 1 aliphatic heterocycles. The van der Waals surface area contributed by atoms with Gasteiger partial charge in [-0.15, -0.1) is 0 Å². The van der Waals surface area contributed by atoms with E-state index in [9.17, 15) is 20.0 Å². The summed E-state index contributed by atoms with van der Waals surface area (Å²) in [6, 6.07) is 13.1. The molecule has 136 valence electrons. The Morgan fingerprint density at radius 3 is 2.67 bits per heavy atom. The molecule has 1 aliphatic rings. The average molecular weight is 364 g/mol. The largest absolute Gasteiger partial charge is 0.480 e. The molecule has 0 amide bonds. The summed E-state index contributed by atoms with van der Waals surface area (Å²) >= 11 is 0. The lowest BCUT2D eigenvalue weighted by atomic mass is 10.1. The average Bonchev–Trinajstić information content (AvgIpc) is 3.17. The first kappa shape index (κ1) is 16.9. The highest BCUT2D eigenvalue weighted by atomic mass is 16.6. The lowest BCUT2D eigenvalue weighted by molar-refractivity contribution is -0.384. The number of nitrogens with zero attached hydrogens (tertiary/aromatic N) is 4. The Bertz CT molecular complexity index is 1040. The Hall–Kier alpha value is -3.55. The monoisotopic (exact) mass is 364 g/mol. The maximum atomic E-state index is 11.6. The molecule has 3 aromatic rings. The molecule has 0 radical (unpaired) electrons. The van der Waals surface area contributed by atoms with E-state index in [4.69, 9.17) is 0 Å². The molecule has 0 spiro atoms. The van der Waals surface area contributed by atoms with Crippen LogP contribution in [0.4, 0.5) is 11.6 Å². The minimum Gasteiger partial charge on any atom is -0.480 e. The Morgan fingerprint density at radius 1 is 1.19 bits per heavy atom. The summed E-state index contributed by atoms with van der Waals surface area (Å²) in [5.41, 5.74) is 1.84. The van der Waals surface area contributed by atoms with Gasteiger partial charge in [-0.25, -0.2) is 14.8 Å². The van der Waals surface area contributed by atoms with Crippen molar-refractivity contribution >= 4 is 28.5 Å². The number of carboxylic acid groups (broad SMARTS) is 1. The molecule has 2 aromatic carbocycles. The molecule has 0 unspecified atom stereocenters.